The molecule has 0 bridgehead atoms. The Balaban J connectivity index is 2.79. The topological polar surface area (TPSA) is 20.2 Å². The first-order valence-corrected chi connectivity index (χ1v) is 6.48. The van der Waals surface area contributed by atoms with Gasteiger partial charge in [-0.15, -0.1) is 0 Å². The molecule has 16 heavy (non-hydrogen) atoms. The molecule has 0 fully saturated rings. The lowest BCUT2D eigenvalue weighted by Crippen LogP contribution is -2.21. The maximum absolute atomic E-state index is 10.2. The molecule has 92 valence electrons. The smallest absolute Gasteiger partial charge is 0.0802 e. The Kier molecular flexibility index (Phi) is 4.79. The van der Waals surface area contributed by atoms with Gasteiger partial charge >= 0.3 is 0 Å². The van der Waals surface area contributed by atoms with Crippen molar-refractivity contribution in [3.05, 3.63) is 23.8 Å². The Labute approximate surface area is 100 Å². The van der Waals surface area contributed by atoms with E-state index >= 15 is 0 Å². The lowest BCUT2D eigenvalue weighted by molar-refractivity contribution is 0.102. The molecule has 1 N–H and O–H groups in total. The highest BCUT2D eigenvalue weighted by Gasteiger charge is 2.18. The highest BCUT2D eigenvalue weighted by atomic mass is 16.3. The fourth-order valence-electron chi connectivity index (χ4n) is 2.17. The molecule has 1 heteroatoms. The van der Waals surface area contributed by atoms with Crippen LogP contribution in [0.4, 0.5) is 0 Å². The van der Waals surface area contributed by atoms with E-state index in [9.17, 15) is 5.11 Å². The summed E-state index contributed by atoms with van der Waals surface area (Å²) in [6.07, 6.45) is 10.7. The molecular formula is C15H26O. The maximum atomic E-state index is 10.2. The molecule has 0 aromatic heterocycles. The summed E-state index contributed by atoms with van der Waals surface area (Å²) in [6.45, 7) is 8.63. The third-order valence-electron chi connectivity index (χ3n) is 3.57. The van der Waals surface area contributed by atoms with Gasteiger partial charge in [0.15, 0.2) is 0 Å². The summed E-state index contributed by atoms with van der Waals surface area (Å²) in [5.74, 6) is 1.24. The average molecular weight is 222 g/mol. The molecule has 1 aliphatic carbocycles. The molecule has 0 unspecified atom stereocenters. The molecular weight excluding hydrogens is 196 g/mol. The summed E-state index contributed by atoms with van der Waals surface area (Å²) in [5, 5.41) is 10.2. The molecule has 0 saturated heterocycles. The third kappa shape index (κ3) is 4.52. The molecule has 0 aromatic carbocycles. The summed E-state index contributed by atoms with van der Waals surface area (Å²) >= 11 is 0. The van der Waals surface area contributed by atoms with E-state index in [1.165, 1.54) is 18.4 Å². The molecule has 0 spiro atoms. The molecule has 0 radical (unpaired) electrons. The van der Waals surface area contributed by atoms with Crippen molar-refractivity contribution < 1.29 is 5.11 Å². The molecule has 1 rings (SSSR count). The van der Waals surface area contributed by atoms with Gasteiger partial charge in [-0.1, -0.05) is 37.6 Å². The van der Waals surface area contributed by atoms with E-state index in [0.29, 0.717) is 11.8 Å². The van der Waals surface area contributed by atoms with Crippen LogP contribution in [0.1, 0.15) is 53.4 Å². The highest BCUT2D eigenvalue weighted by molar-refractivity contribution is 5.07. The van der Waals surface area contributed by atoms with Gasteiger partial charge in [0.05, 0.1) is 5.60 Å². The van der Waals surface area contributed by atoms with Gasteiger partial charge in [-0.2, -0.15) is 0 Å². The van der Waals surface area contributed by atoms with Crippen LogP contribution in [0.15, 0.2) is 23.8 Å². The molecule has 0 saturated carbocycles. The normalized spacial score (nSPS) is 34.6. The van der Waals surface area contributed by atoms with E-state index in [1.807, 2.05) is 13.0 Å². The van der Waals surface area contributed by atoms with Gasteiger partial charge in [-0.25, -0.2) is 0 Å². The van der Waals surface area contributed by atoms with Gasteiger partial charge in [0.2, 0.25) is 0 Å². The van der Waals surface area contributed by atoms with E-state index in [-0.39, 0.29) is 0 Å². The second-order valence-corrected chi connectivity index (χ2v) is 5.75. The van der Waals surface area contributed by atoms with Gasteiger partial charge in [-0.05, 0) is 51.4 Å². The minimum Gasteiger partial charge on any atom is -0.386 e. The summed E-state index contributed by atoms with van der Waals surface area (Å²) < 4.78 is 0. The zero-order valence-corrected chi connectivity index (χ0v) is 11.2. The average Bonchev–Trinajstić information content (AvgIpc) is 2.16. The predicted molar refractivity (Wildman–Crippen MR) is 70.3 cm³/mol. The van der Waals surface area contributed by atoms with Gasteiger partial charge in [-0.3, -0.25) is 0 Å². The zero-order chi connectivity index (χ0) is 12.2. The largest absolute Gasteiger partial charge is 0.386 e. The third-order valence-corrected chi connectivity index (χ3v) is 3.57. The number of rotatable bonds is 1. The Morgan fingerprint density at radius 2 is 2.12 bits per heavy atom. The van der Waals surface area contributed by atoms with Crippen LogP contribution >= 0.6 is 0 Å². The SMILES string of the molecule is CC1=CCC[C@](C)(O)/C=C/[C@H](C(C)C)CC1. The van der Waals surface area contributed by atoms with Gasteiger partial charge < -0.3 is 5.11 Å². The first kappa shape index (κ1) is 13.5. The number of aliphatic hydroxyl groups is 1. The van der Waals surface area contributed by atoms with Crippen LogP contribution in [0.2, 0.25) is 0 Å². The second-order valence-electron chi connectivity index (χ2n) is 5.75. The van der Waals surface area contributed by atoms with Crippen LogP contribution in [0.25, 0.3) is 0 Å². The van der Waals surface area contributed by atoms with Crippen LogP contribution in [0.5, 0.6) is 0 Å². The molecule has 1 aliphatic rings. The second kappa shape index (κ2) is 5.67. The zero-order valence-electron chi connectivity index (χ0n) is 11.2. The van der Waals surface area contributed by atoms with Crippen molar-refractivity contribution in [1.29, 1.82) is 0 Å². The van der Waals surface area contributed by atoms with E-state index in [4.69, 9.17) is 0 Å². The molecule has 1 nitrogen and oxygen atoms in total. The van der Waals surface area contributed by atoms with E-state index < -0.39 is 5.60 Å². The molecule has 0 amide bonds. The van der Waals surface area contributed by atoms with Crippen LogP contribution in [-0.4, -0.2) is 10.7 Å². The van der Waals surface area contributed by atoms with Crippen molar-refractivity contribution >= 4 is 0 Å². The first-order valence-electron chi connectivity index (χ1n) is 6.48. The summed E-state index contributed by atoms with van der Waals surface area (Å²) in [4.78, 5) is 0. The van der Waals surface area contributed by atoms with E-state index in [0.717, 1.165) is 12.8 Å². The Morgan fingerprint density at radius 3 is 2.75 bits per heavy atom. The van der Waals surface area contributed by atoms with Crippen molar-refractivity contribution in [1.82, 2.24) is 0 Å². The monoisotopic (exact) mass is 222 g/mol. The van der Waals surface area contributed by atoms with Gasteiger partial charge in [0.1, 0.15) is 0 Å². The molecule has 0 aliphatic heterocycles. The highest BCUT2D eigenvalue weighted by Crippen LogP contribution is 2.25. The van der Waals surface area contributed by atoms with Crippen LogP contribution in [0.3, 0.4) is 0 Å². The van der Waals surface area contributed by atoms with Gasteiger partial charge in [0.25, 0.3) is 0 Å². The van der Waals surface area contributed by atoms with Crippen LogP contribution < -0.4 is 0 Å². The first-order chi connectivity index (χ1) is 7.41. The Bertz CT molecular complexity index is 271. The standard InChI is InChI=1S/C15H26O/c1-12(2)14-8-7-13(3)6-5-10-15(4,16)11-9-14/h6,9,11-12,14,16H,5,7-8,10H2,1-4H3/b11-9+,13-6?/t14-,15+/m1/s1. The van der Waals surface area contributed by atoms with E-state index in [1.54, 1.807) is 0 Å². The van der Waals surface area contributed by atoms with Crippen molar-refractivity contribution in [3.8, 4) is 0 Å². The number of allylic oxidation sites excluding steroid dienone is 3. The molecule has 0 heterocycles. The van der Waals surface area contributed by atoms with Crippen molar-refractivity contribution in [2.45, 2.75) is 59.0 Å². The molecule has 0 aromatic rings. The fourth-order valence-corrected chi connectivity index (χ4v) is 2.17. The predicted octanol–water partition coefficient (Wildman–Crippen LogP) is 4.09. The summed E-state index contributed by atoms with van der Waals surface area (Å²) in [6, 6.07) is 0. The number of hydrogen-bond donors (Lipinski definition) is 1. The van der Waals surface area contributed by atoms with Crippen molar-refractivity contribution in [2.24, 2.45) is 11.8 Å². The van der Waals surface area contributed by atoms with Crippen molar-refractivity contribution in [2.75, 3.05) is 0 Å². The number of hydrogen-bond acceptors (Lipinski definition) is 1. The van der Waals surface area contributed by atoms with Gasteiger partial charge in [0, 0.05) is 0 Å². The fraction of sp³-hybridized carbons (Fsp3) is 0.733. The van der Waals surface area contributed by atoms with E-state index in [2.05, 4.69) is 32.9 Å². The minimum atomic E-state index is -0.638. The summed E-state index contributed by atoms with van der Waals surface area (Å²) in [5.41, 5.74) is 0.832. The van der Waals surface area contributed by atoms with Crippen LogP contribution in [-0.2, 0) is 0 Å². The lowest BCUT2D eigenvalue weighted by Gasteiger charge is -2.23. The lowest BCUT2D eigenvalue weighted by atomic mass is 9.86. The van der Waals surface area contributed by atoms with Crippen molar-refractivity contribution in [3.63, 3.8) is 0 Å². The molecule has 2 atom stereocenters. The maximum Gasteiger partial charge on any atom is 0.0802 e. The quantitative estimate of drug-likeness (QED) is 0.663. The Hall–Kier alpha value is -0.560. The Morgan fingerprint density at radius 1 is 1.44 bits per heavy atom. The van der Waals surface area contributed by atoms with Crippen LogP contribution in [0, 0.1) is 11.8 Å². The minimum absolute atomic E-state index is 0.591. The summed E-state index contributed by atoms with van der Waals surface area (Å²) in [7, 11) is 0.